The first-order valence-corrected chi connectivity index (χ1v) is 8.80. The molecule has 0 atom stereocenters. The molecule has 0 spiro atoms. The summed E-state index contributed by atoms with van der Waals surface area (Å²) in [5, 5.41) is 12.4. The van der Waals surface area contributed by atoms with Crippen LogP contribution in [-0.2, 0) is 4.79 Å². The van der Waals surface area contributed by atoms with Gasteiger partial charge in [-0.1, -0.05) is 11.8 Å². The van der Waals surface area contributed by atoms with E-state index in [2.05, 4.69) is 25.3 Å². The number of carbonyl (C=O) groups excluding carboxylic acids is 1. The molecular weight excluding hydrogens is 388 g/mol. The summed E-state index contributed by atoms with van der Waals surface area (Å²) in [4.78, 5) is 38.9. The lowest BCUT2D eigenvalue weighted by Gasteiger charge is -2.13. The summed E-state index contributed by atoms with van der Waals surface area (Å²) in [7, 11) is 2.80. The van der Waals surface area contributed by atoms with E-state index in [9.17, 15) is 14.7 Å². The van der Waals surface area contributed by atoms with Crippen molar-refractivity contribution in [2.24, 2.45) is 0 Å². The highest BCUT2D eigenvalue weighted by Crippen LogP contribution is 2.33. The van der Waals surface area contributed by atoms with E-state index >= 15 is 0 Å². The van der Waals surface area contributed by atoms with Crippen molar-refractivity contribution in [3.63, 3.8) is 0 Å². The third-order valence-corrected chi connectivity index (χ3v) is 4.61. The van der Waals surface area contributed by atoms with Crippen LogP contribution in [0.5, 0.6) is 11.5 Å². The van der Waals surface area contributed by atoms with Gasteiger partial charge in [0.2, 0.25) is 11.9 Å². The first-order valence-electron chi connectivity index (χ1n) is 7.81. The van der Waals surface area contributed by atoms with Gasteiger partial charge in [0.25, 0.3) is 0 Å². The van der Waals surface area contributed by atoms with E-state index in [1.54, 1.807) is 0 Å². The number of hydrogen-bond acceptors (Lipinski definition) is 9. The average molecular weight is 404 g/mol. The summed E-state index contributed by atoms with van der Waals surface area (Å²) in [5.41, 5.74) is 6.56. The van der Waals surface area contributed by atoms with Crippen LogP contribution in [0.2, 0.25) is 0 Å². The number of H-pyrrole nitrogens is 1. The Morgan fingerprint density at radius 1 is 1.25 bits per heavy atom. The van der Waals surface area contributed by atoms with Gasteiger partial charge >= 0.3 is 5.97 Å². The number of aromatic carboxylic acids is 1. The molecular formula is C16H16N6O5S. The van der Waals surface area contributed by atoms with Crippen LogP contribution in [0, 0.1) is 0 Å². The number of aromatic amines is 1. The zero-order valence-corrected chi connectivity index (χ0v) is 15.7. The van der Waals surface area contributed by atoms with Gasteiger partial charge in [0, 0.05) is 12.1 Å². The molecule has 3 rings (SSSR count). The quantitative estimate of drug-likeness (QED) is 0.334. The number of imidazole rings is 1. The van der Waals surface area contributed by atoms with E-state index in [1.807, 2.05) is 0 Å². The van der Waals surface area contributed by atoms with E-state index in [4.69, 9.17) is 15.2 Å². The fourth-order valence-corrected chi connectivity index (χ4v) is 3.20. The van der Waals surface area contributed by atoms with Gasteiger partial charge in [0.15, 0.2) is 17.1 Å². The summed E-state index contributed by atoms with van der Waals surface area (Å²) in [5.74, 6) is -1.13. The molecule has 5 N–H and O–H groups in total. The molecule has 12 heteroatoms. The molecule has 0 aliphatic carbocycles. The number of carboxylic acid groups (broad SMARTS) is 1. The second-order valence-electron chi connectivity index (χ2n) is 5.38. The van der Waals surface area contributed by atoms with Crippen LogP contribution in [0.25, 0.3) is 11.2 Å². The molecule has 2 heterocycles. The van der Waals surface area contributed by atoms with Crippen molar-refractivity contribution in [1.29, 1.82) is 0 Å². The normalized spacial score (nSPS) is 10.6. The third-order valence-electron chi connectivity index (χ3n) is 3.64. The number of benzene rings is 1. The molecule has 2 aromatic heterocycles. The summed E-state index contributed by atoms with van der Waals surface area (Å²) in [6.07, 6.45) is 1.45. The SMILES string of the molecule is COc1cc(NC(=O)CSc2nc(N)nc3nc[nH]c23)c(C(=O)O)cc1OC. The molecule has 0 saturated carbocycles. The van der Waals surface area contributed by atoms with Crippen LogP contribution in [-0.4, -0.2) is 56.9 Å². The number of ether oxygens (including phenoxy) is 2. The number of nitrogens with two attached hydrogens (primary N) is 1. The third kappa shape index (κ3) is 3.91. The molecule has 28 heavy (non-hydrogen) atoms. The van der Waals surface area contributed by atoms with Crippen molar-refractivity contribution >= 4 is 46.4 Å². The van der Waals surface area contributed by atoms with E-state index in [0.29, 0.717) is 16.2 Å². The molecule has 0 unspecified atom stereocenters. The van der Waals surface area contributed by atoms with Gasteiger partial charge in [-0.05, 0) is 0 Å². The average Bonchev–Trinajstić information content (AvgIpc) is 3.13. The molecule has 0 fully saturated rings. The molecule has 1 aromatic carbocycles. The van der Waals surface area contributed by atoms with Gasteiger partial charge in [0.1, 0.15) is 10.5 Å². The molecule has 0 aliphatic rings. The lowest BCUT2D eigenvalue weighted by molar-refractivity contribution is -0.113. The van der Waals surface area contributed by atoms with Gasteiger partial charge in [-0.3, -0.25) is 4.79 Å². The first-order chi connectivity index (χ1) is 13.4. The van der Waals surface area contributed by atoms with Gasteiger partial charge in [-0.2, -0.15) is 4.98 Å². The van der Waals surface area contributed by atoms with Crippen molar-refractivity contribution in [2.45, 2.75) is 5.03 Å². The van der Waals surface area contributed by atoms with Crippen LogP contribution < -0.4 is 20.5 Å². The van der Waals surface area contributed by atoms with Crippen LogP contribution >= 0.6 is 11.8 Å². The highest BCUT2D eigenvalue weighted by Gasteiger charge is 2.18. The largest absolute Gasteiger partial charge is 0.493 e. The maximum absolute atomic E-state index is 12.4. The summed E-state index contributed by atoms with van der Waals surface area (Å²) >= 11 is 1.11. The second-order valence-corrected chi connectivity index (χ2v) is 6.35. The van der Waals surface area contributed by atoms with Crippen molar-refractivity contribution in [1.82, 2.24) is 19.9 Å². The predicted molar refractivity (Wildman–Crippen MR) is 102 cm³/mol. The van der Waals surface area contributed by atoms with Crippen molar-refractivity contribution in [3.05, 3.63) is 24.0 Å². The lowest BCUT2D eigenvalue weighted by Crippen LogP contribution is -2.17. The fourth-order valence-electron chi connectivity index (χ4n) is 2.41. The standard InChI is InChI=1S/C16H16N6O5S/c1-26-9-3-7(15(24)25)8(4-10(9)27-2)20-11(23)5-28-14-12-13(19-6-18-12)21-16(17)22-14/h3-4,6H,5H2,1-2H3,(H,20,23)(H,24,25)(H3,17,18,19,21,22). The number of fused-ring (bicyclic) bond motifs is 1. The second kappa shape index (κ2) is 8.00. The molecule has 0 aliphatic heterocycles. The number of nitrogens with zero attached hydrogens (tertiary/aromatic N) is 3. The number of carboxylic acids is 1. The number of nitrogen functional groups attached to an aromatic ring is 1. The van der Waals surface area contributed by atoms with Crippen LogP contribution in [0.3, 0.4) is 0 Å². The molecule has 0 saturated heterocycles. The Balaban J connectivity index is 1.79. The minimum absolute atomic E-state index is 0.0376. The zero-order chi connectivity index (χ0) is 20.3. The monoisotopic (exact) mass is 404 g/mol. The number of nitrogens with one attached hydrogen (secondary N) is 2. The van der Waals surface area contributed by atoms with Gasteiger partial charge < -0.3 is 30.6 Å². The fraction of sp³-hybridized carbons (Fsp3) is 0.188. The van der Waals surface area contributed by atoms with Crippen molar-refractivity contribution in [3.8, 4) is 11.5 Å². The zero-order valence-electron chi connectivity index (χ0n) is 14.8. The van der Waals surface area contributed by atoms with Gasteiger partial charge in [-0.15, -0.1) is 0 Å². The minimum atomic E-state index is -1.22. The number of rotatable bonds is 7. The van der Waals surface area contributed by atoms with E-state index in [-0.39, 0.29) is 34.5 Å². The molecule has 0 bridgehead atoms. The molecule has 1 amide bonds. The van der Waals surface area contributed by atoms with Crippen LogP contribution in [0.1, 0.15) is 10.4 Å². The van der Waals surface area contributed by atoms with Crippen LogP contribution in [0.15, 0.2) is 23.5 Å². The predicted octanol–water partition coefficient (Wildman–Crippen LogP) is 1.38. The number of hydrogen-bond donors (Lipinski definition) is 4. The van der Waals surface area contributed by atoms with E-state index in [1.165, 1.54) is 32.7 Å². The van der Waals surface area contributed by atoms with E-state index in [0.717, 1.165) is 11.8 Å². The minimum Gasteiger partial charge on any atom is -0.493 e. The maximum Gasteiger partial charge on any atom is 0.337 e. The topological polar surface area (TPSA) is 165 Å². The number of methoxy groups -OCH3 is 2. The Kier molecular flexibility index (Phi) is 5.49. The Morgan fingerprint density at radius 2 is 1.96 bits per heavy atom. The summed E-state index contributed by atoms with van der Waals surface area (Å²) in [6, 6.07) is 2.67. The van der Waals surface area contributed by atoms with Gasteiger partial charge in [0.05, 0.1) is 37.6 Å². The summed E-state index contributed by atoms with van der Waals surface area (Å²) < 4.78 is 10.3. The van der Waals surface area contributed by atoms with Crippen molar-refractivity contribution in [2.75, 3.05) is 31.0 Å². The Hall–Kier alpha value is -3.54. The lowest BCUT2D eigenvalue weighted by atomic mass is 10.1. The number of thioether (sulfide) groups is 1. The first kappa shape index (κ1) is 19.2. The summed E-state index contributed by atoms with van der Waals surface area (Å²) in [6.45, 7) is 0. The maximum atomic E-state index is 12.4. The number of anilines is 2. The van der Waals surface area contributed by atoms with Crippen LogP contribution in [0.4, 0.5) is 11.6 Å². The number of carbonyl (C=O) groups is 2. The smallest absolute Gasteiger partial charge is 0.337 e. The van der Waals surface area contributed by atoms with E-state index < -0.39 is 11.9 Å². The Morgan fingerprint density at radius 3 is 2.64 bits per heavy atom. The highest BCUT2D eigenvalue weighted by molar-refractivity contribution is 8.00. The molecule has 0 radical (unpaired) electrons. The Bertz CT molecular complexity index is 1050. The Labute approximate surface area is 162 Å². The number of aromatic nitrogens is 4. The van der Waals surface area contributed by atoms with Gasteiger partial charge in [-0.25, -0.2) is 14.8 Å². The molecule has 11 nitrogen and oxygen atoms in total. The molecule has 146 valence electrons. The van der Waals surface area contributed by atoms with Crippen molar-refractivity contribution < 1.29 is 24.2 Å². The highest BCUT2D eigenvalue weighted by atomic mass is 32.2. The molecule has 3 aromatic rings. The number of amides is 1.